The zero-order chi connectivity index (χ0) is 16.1. The molecule has 5 nitrogen and oxygen atoms in total. The number of ether oxygens (including phenoxy) is 1. The third-order valence-corrected chi connectivity index (χ3v) is 4.69. The molecule has 0 radical (unpaired) electrons. The van der Waals surface area contributed by atoms with Crippen LogP contribution in [0, 0.1) is 6.92 Å². The molecule has 1 saturated heterocycles. The number of nitrogens with zero attached hydrogens (tertiary/aromatic N) is 1. The van der Waals surface area contributed by atoms with Crippen LogP contribution in [0.2, 0.25) is 5.02 Å². The maximum atomic E-state index is 12.3. The Kier molecular flexibility index (Phi) is 8.29. The summed E-state index contributed by atoms with van der Waals surface area (Å²) in [7, 11) is 1.72. The molecule has 2 atom stereocenters. The first-order valence-electron chi connectivity index (χ1n) is 7.57. The number of likely N-dealkylation sites (tertiary alicyclic amines) is 1. The van der Waals surface area contributed by atoms with Crippen LogP contribution in [-0.4, -0.2) is 49.7 Å². The number of piperidine rings is 1. The molecule has 23 heavy (non-hydrogen) atoms. The third kappa shape index (κ3) is 5.33. The van der Waals surface area contributed by atoms with Gasteiger partial charge in [-0.15, -0.1) is 12.4 Å². The summed E-state index contributed by atoms with van der Waals surface area (Å²) in [5.41, 5.74) is 7.47. The first kappa shape index (κ1) is 20.2. The number of benzene rings is 1. The van der Waals surface area contributed by atoms with Crippen molar-refractivity contribution in [1.82, 2.24) is 4.90 Å². The number of nitrogens with one attached hydrogen (secondary N) is 1. The van der Waals surface area contributed by atoms with Crippen LogP contribution >= 0.6 is 24.0 Å². The van der Waals surface area contributed by atoms with Crippen LogP contribution in [0.3, 0.4) is 0 Å². The number of rotatable bonds is 5. The molecule has 0 saturated carbocycles. The van der Waals surface area contributed by atoms with Crippen LogP contribution in [0.25, 0.3) is 0 Å². The van der Waals surface area contributed by atoms with Gasteiger partial charge in [-0.2, -0.15) is 0 Å². The number of hydrogen-bond acceptors (Lipinski definition) is 4. The summed E-state index contributed by atoms with van der Waals surface area (Å²) < 4.78 is 5.40. The number of carbonyl (C=O) groups excluding carboxylic acids is 1. The molecule has 2 unspecified atom stereocenters. The topological polar surface area (TPSA) is 67.6 Å². The van der Waals surface area contributed by atoms with Gasteiger partial charge in [0.2, 0.25) is 5.91 Å². The minimum Gasteiger partial charge on any atom is -0.381 e. The third-order valence-electron chi connectivity index (χ3n) is 4.28. The average molecular weight is 362 g/mol. The van der Waals surface area contributed by atoms with Crippen LogP contribution in [0.1, 0.15) is 18.4 Å². The predicted molar refractivity (Wildman–Crippen MR) is 96.5 cm³/mol. The van der Waals surface area contributed by atoms with Gasteiger partial charge in [0, 0.05) is 37.0 Å². The molecule has 1 aliphatic rings. The van der Waals surface area contributed by atoms with Crippen molar-refractivity contribution in [2.24, 2.45) is 5.73 Å². The van der Waals surface area contributed by atoms with Crippen molar-refractivity contribution in [3.05, 3.63) is 28.8 Å². The molecule has 1 aromatic carbocycles. The van der Waals surface area contributed by atoms with Crippen molar-refractivity contribution >= 4 is 35.6 Å². The zero-order valence-corrected chi connectivity index (χ0v) is 15.1. The van der Waals surface area contributed by atoms with Gasteiger partial charge >= 0.3 is 0 Å². The lowest BCUT2D eigenvalue weighted by molar-refractivity contribution is -0.118. The highest BCUT2D eigenvalue weighted by Gasteiger charge is 2.28. The second-order valence-corrected chi connectivity index (χ2v) is 6.11. The minimum atomic E-state index is -0.0420. The second kappa shape index (κ2) is 9.45. The Morgan fingerprint density at radius 2 is 2.26 bits per heavy atom. The number of halogens is 2. The lowest BCUT2D eigenvalue weighted by Crippen LogP contribution is -2.51. The van der Waals surface area contributed by atoms with Crippen LogP contribution in [-0.2, 0) is 9.53 Å². The van der Waals surface area contributed by atoms with Crippen LogP contribution in [0.15, 0.2) is 18.2 Å². The zero-order valence-electron chi connectivity index (χ0n) is 13.5. The van der Waals surface area contributed by atoms with E-state index in [0.717, 1.165) is 30.6 Å². The largest absolute Gasteiger partial charge is 0.381 e. The van der Waals surface area contributed by atoms with Gasteiger partial charge in [0.25, 0.3) is 0 Å². The number of amides is 1. The SMILES string of the molecule is COC1CCN(CC(=O)Nc2cccc(Cl)c2C)C(CN)C1.Cl. The molecule has 1 aromatic rings. The second-order valence-electron chi connectivity index (χ2n) is 5.70. The number of carbonyl (C=O) groups is 1. The van der Waals surface area contributed by atoms with E-state index >= 15 is 0 Å². The molecule has 0 spiro atoms. The first-order chi connectivity index (χ1) is 10.5. The van der Waals surface area contributed by atoms with Crippen molar-refractivity contribution in [2.45, 2.75) is 31.9 Å². The highest BCUT2D eigenvalue weighted by atomic mass is 35.5. The van der Waals surface area contributed by atoms with Crippen molar-refractivity contribution in [2.75, 3.05) is 32.1 Å². The molecule has 1 amide bonds. The van der Waals surface area contributed by atoms with E-state index in [2.05, 4.69) is 10.2 Å². The van der Waals surface area contributed by atoms with Gasteiger partial charge in [-0.05, 0) is 37.5 Å². The number of anilines is 1. The summed E-state index contributed by atoms with van der Waals surface area (Å²) in [6, 6.07) is 5.69. The monoisotopic (exact) mass is 361 g/mol. The Labute approximate surface area is 148 Å². The summed E-state index contributed by atoms with van der Waals surface area (Å²) in [6.07, 6.45) is 2.04. The van der Waals surface area contributed by atoms with E-state index in [9.17, 15) is 4.79 Å². The summed E-state index contributed by atoms with van der Waals surface area (Å²) in [6.45, 7) is 3.58. The van der Waals surface area contributed by atoms with E-state index in [1.165, 1.54) is 0 Å². The van der Waals surface area contributed by atoms with Gasteiger partial charge in [-0.1, -0.05) is 17.7 Å². The van der Waals surface area contributed by atoms with Gasteiger partial charge in [0.1, 0.15) is 0 Å². The minimum absolute atomic E-state index is 0. The Bertz CT molecular complexity index is 528. The highest BCUT2D eigenvalue weighted by Crippen LogP contribution is 2.23. The van der Waals surface area contributed by atoms with E-state index in [1.807, 2.05) is 25.1 Å². The number of hydrogen-bond donors (Lipinski definition) is 2. The highest BCUT2D eigenvalue weighted by molar-refractivity contribution is 6.31. The molecule has 1 heterocycles. The van der Waals surface area contributed by atoms with Gasteiger partial charge < -0.3 is 15.8 Å². The van der Waals surface area contributed by atoms with E-state index in [1.54, 1.807) is 7.11 Å². The molecule has 2 rings (SSSR count). The maximum Gasteiger partial charge on any atom is 0.238 e. The van der Waals surface area contributed by atoms with Gasteiger partial charge in [0.05, 0.1) is 12.6 Å². The fraction of sp³-hybridized carbons (Fsp3) is 0.562. The lowest BCUT2D eigenvalue weighted by atomic mass is 9.99. The van der Waals surface area contributed by atoms with E-state index in [-0.39, 0.29) is 30.5 Å². The first-order valence-corrected chi connectivity index (χ1v) is 7.94. The molecule has 3 N–H and O–H groups in total. The molecule has 130 valence electrons. The van der Waals surface area contributed by atoms with Gasteiger partial charge in [-0.3, -0.25) is 9.69 Å². The van der Waals surface area contributed by atoms with Crippen LogP contribution in [0.5, 0.6) is 0 Å². The van der Waals surface area contributed by atoms with Crippen molar-refractivity contribution in [3.8, 4) is 0 Å². The summed E-state index contributed by atoms with van der Waals surface area (Å²) in [5.74, 6) is -0.0420. The van der Waals surface area contributed by atoms with Gasteiger partial charge in [-0.25, -0.2) is 0 Å². The van der Waals surface area contributed by atoms with E-state index in [4.69, 9.17) is 22.1 Å². The van der Waals surface area contributed by atoms with Gasteiger partial charge in [0.15, 0.2) is 0 Å². The van der Waals surface area contributed by atoms with E-state index in [0.29, 0.717) is 18.1 Å². The Balaban J connectivity index is 0.00000264. The van der Waals surface area contributed by atoms with Crippen LogP contribution in [0.4, 0.5) is 5.69 Å². The van der Waals surface area contributed by atoms with Crippen molar-refractivity contribution in [1.29, 1.82) is 0 Å². The van der Waals surface area contributed by atoms with Crippen molar-refractivity contribution < 1.29 is 9.53 Å². The Morgan fingerprint density at radius 3 is 2.91 bits per heavy atom. The van der Waals surface area contributed by atoms with Crippen LogP contribution < -0.4 is 11.1 Å². The smallest absolute Gasteiger partial charge is 0.238 e. The molecule has 1 aliphatic heterocycles. The average Bonchev–Trinajstić information content (AvgIpc) is 2.52. The normalized spacial score (nSPS) is 21.6. The molecule has 1 fully saturated rings. The number of nitrogens with two attached hydrogens (primary N) is 1. The molecular formula is C16H25Cl2N3O2. The molecular weight excluding hydrogens is 337 g/mol. The molecule has 0 aromatic heterocycles. The van der Waals surface area contributed by atoms with E-state index < -0.39 is 0 Å². The molecule has 7 heteroatoms. The molecule has 0 bridgehead atoms. The Morgan fingerprint density at radius 1 is 1.52 bits per heavy atom. The number of methoxy groups -OCH3 is 1. The lowest BCUT2D eigenvalue weighted by Gasteiger charge is -2.37. The summed E-state index contributed by atoms with van der Waals surface area (Å²) >= 11 is 6.07. The fourth-order valence-corrected chi connectivity index (χ4v) is 3.02. The fourth-order valence-electron chi connectivity index (χ4n) is 2.85. The predicted octanol–water partition coefficient (Wildman–Crippen LogP) is 2.45. The Hall–Kier alpha value is -0.850. The van der Waals surface area contributed by atoms with Crippen molar-refractivity contribution in [3.63, 3.8) is 0 Å². The maximum absolute atomic E-state index is 12.3. The quantitative estimate of drug-likeness (QED) is 0.844. The standard InChI is InChI=1S/C16H24ClN3O2.ClH/c1-11-14(17)4-3-5-15(11)19-16(21)10-20-7-6-13(22-2)8-12(20)9-18;/h3-5,12-13H,6-10,18H2,1-2H3,(H,19,21);1H. The summed E-state index contributed by atoms with van der Waals surface area (Å²) in [4.78, 5) is 14.4. The molecule has 0 aliphatic carbocycles. The summed E-state index contributed by atoms with van der Waals surface area (Å²) in [5, 5.41) is 3.58.